The number of ether oxygens (including phenoxy) is 1. The SMILES string of the molecule is [CH3][Ge]12[c]3c4cccc3N(c3ccccc3)c3cccc([c]31)N(c1ccc3c5ccccc5c5ccccc5c3c1)c1cccc([c]12)O4. The second-order valence-corrected chi connectivity index (χ2v) is 20.9. The maximum absolute atomic E-state index is 6.85. The van der Waals surface area contributed by atoms with E-state index in [0.717, 1.165) is 11.5 Å². The van der Waals surface area contributed by atoms with Crippen molar-refractivity contribution < 1.29 is 4.74 Å². The Morgan fingerprint density at radius 3 is 1.40 bits per heavy atom. The molecular weight excluding hydrogens is 633 g/mol. The Balaban J connectivity index is 1.25. The zero-order chi connectivity index (χ0) is 30.9. The summed E-state index contributed by atoms with van der Waals surface area (Å²) in [4.78, 5) is 4.98. The second kappa shape index (κ2) is 9.06. The molecule has 4 heteroatoms. The van der Waals surface area contributed by atoms with Crippen molar-refractivity contribution in [1.29, 1.82) is 0 Å². The molecule has 47 heavy (non-hydrogen) atoms. The Kier molecular flexibility index (Phi) is 4.94. The molecule has 0 N–H and O–H groups in total. The van der Waals surface area contributed by atoms with E-state index in [2.05, 4.69) is 167 Å². The standard InChI is InChI=1S/C43H28GeN2O/c1-44-41-35-18-9-19-36(41)46(28-24-25-33-31-16-6-5-14-29(31)30-15-7-8-17-32(30)34(33)26-28)38-21-11-23-40(43(38)44)47-39-22-10-20-37(42(39)44)45(35)27-12-3-2-4-13-27/h2-26H,1H3. The van der Waals surface area contributed by atoms with Gasteiger partial charge < -0.3 is 0 Å². The molecule has 1 atom stereocenters. The molecule has 3 aliphatic heterocycles. The van der Waals surface area contributed by atoms with Gasteiger partial charge >= 0.3 is 276 Å². The van der Waals surface area contributed by atoms with Crippen molar-refractivity contribution >= 4 is 92.9 Å². The molecule has 3 aliphatic rings. The Hall–Kier alpha value is -5.52. The number of benzene rings is 8. The molecule has 0 aliphatic carbocycles. The fourth-order valence-corrected chi connectivity index (χ4v) is 19.1. The van der Waals surface area contributed by atoms with Crippen LogP contribution in [0.25, 0.3) is 32.3 Å². The van der Waals surface area contributed by atoms with Crippen LogP contribution in [0.2, 0.25) is 5.76 Å². The molecule has 3 heterocycles. The van der Waals surface area contributed by atoms with Gasteiger partial charge in [0.1, 0.15) is 0 Å². The molecule has 0 aromatic heterocycles. The van der Waals surface area contributed by atoms with Crippen LogP contribution in [-0.4, -0.2) is 13.3 Å². The summed E-state index contributed by atoms with van der Waals surface area (Å²) in [6.45, 7) is 0. The number of anilines is 6. The van der Waals surface area contributed by atoms with E-state index in [1.807, 2.05) is 0 Å². The van der Waals surface area contributed by atoms with Gasteiger partial charge in [0.15, 0.2) is 0 Å². The third kappa shape index (κ3) is 3.17. The molecule has 0 fully saturated rings. The molecule has 8 aromatic carbocycles. The first kappa shape index (κ1) is 25.6. The van der Waals surface area contributed by atoms with Gasteiger partial charge in [-0.3, -0.25) is 0 Å². The molecule has 8 aromatic rings. The van der Waals surface area contributed by atoms with Gasteiger partial charge in [0.2, 0.25) is 0 Å². The third-order valence-electron chi connectivity index (χ3n) is 10.7. The van der Waals surface area contributed by atoms with Crippen LogP contribution in [0, 0.1) is 0 Å². The van der Waals surface area contributed by atoms with Crippen molar-refractivity contribution in [2.75, 3.05) is 9.80 Å². The number of rotatable bonds is 2. The van der Waals surface area contributed by atoms with Gasteiger partial charge in [-0.25, -0.2) is 0 Å². The predicted octanol–water partition coefficient (Wildman–Crippen LogP) is 9.92. The summed E-state index contributed by atoms with van der Waals surface area (Å²) in [6.07, 6.45) is 0. The van der Waals surface area contributed by atoms with Gasteiger partial charge in [-0.15, -0.1) is 0 Å². The molecule has 1 unspecified atom stereocenters. The van der Waals surface area contributed by atoms with Gasteiger partial charge in [-0.2, -0.15) is 0 Å². The summed E-state index contributed by atoms with van der Waals surface area (Å²) >= 11 is -3.23. The van der Waals surface area contributed by atoms with Crippen molar-refractivity contribution in [1.82, 2.24) is 0 Å². The van der Waals surface area contributed by atoms with Crippen molar-refractivity contribution in [3.8, 4) is 11.5 Å². The number of para-hydroxylation sites is 1. The van der Waals surface area contributed by atoms with Crippen LogP contribution in [0.1, 0.15) is 0 Å². The molecule has 0 spiro atoms. The van der Waals surface area contributed by atoms with Crippen LogP contribution in [0.15, 0.2) is 152 Å². The minimum atomic E-state index is -3.23. The second-order valence-electron chi connectivity index (χ2n) is 13.0. The topological polar surface area (TPSA) is 15.7 Å². The first-order valence-electron chi connectivity index (χ1n) is 16.3. The van der Waals surface area contributed by atoms with Crippen LogP contribution < -0.4 is 27.7 Å². The quantitative estimate of drug-likeness (QED) is 0.136. The van der Waals surface area contributed by atoms with Crippen LogP contribution in [-0.2, 0) is 0 Å². The summed E-state index contributed by atoms with van der Waals surface area (Å²) in [5, 5.41) is 7.72. The molecule has 11 rings (SSSR count). The monoisotopic (exact) mass is 662 g/mol. The molecule has 3 nitrogen and oxygen atoms in total. The number of fused-ring (bicyclic) bond motifs is 6. The van der Waals surface area contributed by atoms with Crippen molar-refractivity contribution in [3.05, 3.63) is 152 Å². The number of hydrogen-bond donors (Lipinski definition) is 0. The maximum atomic E-state index is 6.85. The van der Waals surface area contributed by atoms with Crippen LogP contribution in [0.5, 0.6) is 11.5 Å². The van der Waals surface area contributed by atoms with Crippen LogP contribution >= 0.6 is 0 Å². The average Bonchev–Trinajstić information content (AvgIpc) is 3.12. The van der Waals surface area contributed by atoms with Crippen LogP contribution in [0.4, 0.5) is 34.1 Å². The van der Waals surface area contributed by atoms with E-state index in [1.165, 1.54) is 79.6 Å². The molecule has 0 bridgehead atoms. The molecule has 0 saturated carbocycles. The van der Waals surface area contributed by atoms with Crippen molar-refractivity contribution in [2.24, 2.45) is 0 Å². The summed E-state index contributed by atoms with van der Waals surface area (Å²) < 4.78 is 11.2. The minimum absolute atomic E-state index is 1.01. The fraction of sp³-hybridized carbons (Fsp3) is 0.0233. The van der Waals surface area contributed by atoms with Crippen molar-refractivity contribution in [2.45, 2.75) is 5.76 Å². The van der Waals surface area contributed by atoms with Gasteiger partial charge in [-0.1, -0.05) is 0 Å². The Labute approximate surface area is 275 Å². The van der Waals surface area contributed by atoms with E-state index in [1.54, 1.807) is 0 Å². The Morgan fingerprint density at radius 1 is 0.383 bits per heavy atom. The van der Waals surface area contributed by atoms with Gasteiger partial charge in [0.25, 0.3) is 0 Å². The van der Waals surface area contributed by atoms with E-state index >= 15 is 0 Å². The summed E-state index contributed by atoms with van der Waals surface area (Å²) in [5.41, 5.74) is 7.39. The van der Waals surface area contributed by atoms with E-state index in [9.17, 15) is 0 Å². The van der Waals surface area contributed by atoms with Gasteiger partial charge in [0.05, 0.1) is 0 Å². The van der Waals surface area contributed by atoms with Gasteiger partial charge in [0, 0.05) is 0 Å². The molecular formula is C43H28GeN2O. The third-order valence-corrected chi connectivity index (χ3v) is 20.2. The van der Waals surface area contributed by atoms with Gasteiger partial charge in [-0.05, 0) is 0 Å². The zero-order valence-corrected chi connectivity index (χ0v) is 27.8. The van der Waals surface area contributed by atoms with E-state index in [0.29, 0.717) is 0 Å². The van der Waals surface area contributed by atoms with Crippen LogP contribution in [0.3, 0.4) is 0 Å². The predicted molar refractivity (Wildman–Crippen MR) is 199 cm³/mol. The fourth-order valence-electron chi connectivity index (χ4n) is 8.92. The number of nitrogens with zero attached hydrogens (tertiary/aromatic N) is 2. The van der Waals surface area contributed by atoms with Crippen molar-refractivity contribution in [3.63, 3.8) is 0 Å². The zero-order valence-electron chi connectivity index (χ0n) is 25.7. The first-order valence-corrected chi connectivity index (χ1v) is 21.5. The Morgan fingerprint density at radius 2 is 0.830 bits per heavy atom. The van der Waals surface area contributed by atoms with E-state index in [-0.39, 0.29) is 0 Å². The Bertz CT molecular complexity index is 2610. The summed E-state index contributed by atoms with van der Waals surface area (Å²) in [5.74, 6) is 4.61. The van der Waals surface area contributed by atoms with E-state index in [4.69, 9.17) is 4.74 Å². The molecule has 0 amide bonds. The molecule has 0 radical (unpaired) electrons. The normalized spacial score (nSPS) is 16.8. The van der Waals surface area contributed by atoms with E-state index < -0.39 is 13.3 Å². The molecule has 220 valence electrons. The summed E-state index contributed by atoms with van der Waals surface area (Å²) in [7, 11) is 0. The first-order chi connectivity index (χ1) is 23.2. The molecule has 0 saturated heterocycles. The average molecular weight is 661 g/mol. The number of hydrogen-bond acceptors (Lipinski definition) is 3. The summed E-state index contributed by atoms with van der Waals surface area (Å²) in [6, 6.07) is 55.7.